The van der Waals surface area contributed by atoms with Crippen LogP contribution < -0.4 is 0 Å². The van der Waals surface area contributed by atoms with E-state index in [1.165, 1.54) is 12.1 Å². The first-order valence-electron chi connectivity index (χ1n) is 10.3. The highest BCUT2D eigenvalue weighted by Gasteiger charge is 2.34. The minimum absolute atomic E-state index is 0.000433. The Morgan fingerprint density at radius 3 is 2.58 bits per heavy atom. The molecule has 5 rings (SSSR count). The molecule has 0 bridgehead atoms. The minimum Gasteiger partial charge on any atom is -0.338 e. The van der Waals surface area contributed by atoms with Crippen molar-refractivity contribution in [2.75, 3.05) is 6.54 Å². The molecule has 2 heterocycles. The SMILES string of the molecule is O=C1C[C@@H](c2nc3ccccc3n2Cc2cccc(Cl)c2)CN1Cc1ccc(F)cc1. The number of imidazole rings is 1. The van der Waals surface area contributed by atoms with E-state index in [1.807, 2.05) is 47.4 Å². The van der Waals surface area contributed by atoms with Crippen LogP contribution in [0, 0.1) is 5.82 Å². The third-order valence-electron chi connectivity index (χ3n) is 5.78. The maximum Gasteiger partial charge on any atom is 0.223 e. The van der Waals surface area contributed by atoms with Gasteiger partial charge in [-0.1, -0.05) is 48.0 Å². The molecule has 4 aromatic rings. The smallest absolute Gasteiger partial charge is 0.223 e. The van der Waals surface area contributed by atoms with E-state index in [1.54, 1.807) is 12.1 Å². The number of rotatable bonds is 5. The second kappa shape index (κ2) is 8.16. The summed E-state index contributed by atoms with van der Waals surface area (Å²) >= 11 is 6.20. The zero-order chi connectivity index (χ0) is 21.4. The van der Waals surface area contributed by atoms with Crippen LogP contribution >= 0.6 is 11.6 Å². The number of nitrogens with zero attached hydrogens (tertiary/aromatic N) is 3. The van der Waals surface area contributed by atoms with Gasteiger partial charge in [-0.2, -0.15) is 0 Å². The Balaban J connectivity index is 1.45. The van der Waals surface area contributed by atoms with Crippen molar-refractivity contribution in [3.05, 3.63) is 101 Å². The Morgan fingerprint density at radius 1 is 0.968 bits per heavy atom. The van der Waals surface area contributed by atoms with Crippen molar-refractivity contribution in [3.8, 4) is 0 Å². The van der Waals surface area contributed by atoms with E-state index in [0.29, 0.717) is 31.1 Å². The van der Waals surface area contributed by atoms with Gasteiger partial charge >= 0.3 is 0 Å². The molecule has 1 aliphatic heterocycles. The molecule has 0 unspecified atom stereocenters. The fourth-order valence-electron chi connectivity index (χ4n) is 4.30. The fourth-order valence-corrected chi connectivity index (χ4v) is 4.51. The Kier molecular flexibility index (Phi) is 5.20. The Morgan fingerprint density at radius 2 is 1.77 bits per heavy atom. The van der Waals surface area contributed by atoms with Crippen molar-refractivity contribution in [1.82, 2.24) is 14.5 Å². The summed E-state index contributed by atoms with van der Waals surface area (Å²) in [5.74, 6) is 0.732. The molecule has 1 saturated heterocycles. The molecule has 0 saturated carbocycles. The predicted octanol–water partition coefficient (Wildman–Crippen LogP) is 5.39. The number of carbonyl (C=O) groups excluding carboxylic acids is 1. The lowest BCUT2D eigenvalue weighted by Crippen LogP contribution is -2.24. The summed E-state index contributed by atoms with van der Waals surface area (Å²) < 4.78 is 15.4. The topological polar surface area (TPSA) is 38.1 Å². The molecule has 1 atom stereocenters. The van der Waals surface area contributed by atoms with Crippen LogP contribution in [0.3, 0.4) is 0 Å². The lowest BCUT2D eigenvalue weighted by molar-refractivity contribution is -0.128. The molecule has 1 fully saturated rings. The van der Waals surface area contributed by atoms with E-state index < -0.39 is 0 Å². The second-order valence-electron chi connectivity index (χ2n) is 7.98. The lowest BCUT2D eigenvalue weighted by Gasteiger charge is -2.17. The molecule has 0 radical (unpaired) electrons. The highest BCUT2D eigenvalue weighted by Crippen LogP contribution is 2.32. The summed E-state index contributed by atoms with van der Waals surface area (Å²) in [7, 11) is 0. The average molecular weight is 434 g/mol. The van der Waals surface area contributed by atoms with E-state index in [9.17, 15) is 9.18 Å². The number of benzene rings is 3. The van der Waals surface area contributed by atoms with Gasteiger partial charge in [-0.05, 0) is 47.5 Å². The molecule has 156 valence electrons. The summed E-state index contributed by atoms with van der Waals surface area (Å²) in [6.45, 7) is 1.71. The van der Waals surface area contributed by atoms with Crippen molar-refractivity contribution in [3.63, 3.8) is 0 Å². The molecule has 1 aliphatic rings. The van der Waals surface area contributed by atoms with Gasteiger partial charge in [0.1, 0.15) is 11.6 Å². The quantitative estimate of drug-likeness (QED) is 0.423. The van der Waals surface area contributed by atoms with E-state index in [-0.39, 0.29) is 17.6 Å². The van der Waals surface area contributed by atoms with Gasteiger partial charge in [0.2, 0.25) is 5.91 Å². The number of hydrogen-bond donors (Lipinski definition) is 0. The number of amides is 1. The van der Waals surface area contributed by atoms with Crippen LogP contribution in [-0.4, -0.2) is 26.9 Å². The van der Waals surface area contributed by atoms with Crippen LogP contribution in [0.15, 0.2) is 72.8 Å². The van der Waals surface area contributed by atoms with E-state index in [0.717, 1.165) is 28.0 Å². The Bertz CT molecular complexity index is 1250. The molecule has 1 aromatic heterocycles. The van der Waals surface area contributed by atoms with Gasteiger partial charge < -0.3 is 9.47 Å². The third kappa shape index (κ3) is 4.06. The third-order valence-corrected chi connectivity index (χ3v) is 6.02. The zero-order valence-corrected chi connectivity index (χ0v) is 17.6. The average Bonchev–Trinajstić information content (AvgIpc) is 3.30. The van der Waals surface area contributed by atoms with Gasteiger partial charge in [-0.3, -0.25) is 4.79 Å². The summed E-state index contributed by atoms with van der Waals surface area (Å²) in [5, 5.41) is 0.699. The Labute approximate surface area is 184 Å². The summed E-state index contributed by atoms with van der Waals surface area (Å²) in [5.41, 5.74) is 3.97. The normalized spacial score (nSPS) is 16.4. The van der Waals surface area contributed by atoms with Gasteiger partial charge in [0.25, 0.3) is 0 Å². The van der Waals surface area contributed by atoms with Crippen LogP contribution in [0.5, 0.6) is 0 Å². The molecule has 0 aliphatic carbocycles. The first-order valence-corrected chi connectivity index (χ1v) is 10.7. The number of para-hydroxylation sites is 2. The number of fused-ring (bicyclic) bond motifs is 1. The largest absolute Gasteiger partial charge is 0.338 e. The van der Waals surface area contributed by atoms with Gasteiger partial charge in [-0.15, -0.1) is 0 Å². The van der Waals surface area contributed by atoms with Crippen molar-refractivity contribution >= 4 is 28.5 Å². The number of aromatic nitrogens is 2. The zero-order valence-electron chi connectivity index (χ0n) is 16.8. The number of likely N-dealkylation sites (tertiary alicyclic amines) is 1. The monoisotopic (exact) mass is 433 g/mol. The molecular weight excluding hydrogens is 413 g/mol. The fraction of sp³-hybridized carbons (Fsp3) is 0.200. The van der Waals surface area contributed by atoms with Crippen LogP contribution in [0.25, 0.3) is 11.0 Å². The summed E-state index contributed by atoms with van der Waals surface area (Å²) in [6.07, 6.45) is 0.417. The summed E-state index contributed by atoms with van der Waals surface area (Å²) in [4.78, 5) is 19.5. The van der Waals surface area contributed by atoms with Crippen molar-refractivity contribution < 1.29 is 9.18 Å². The number of hydrogen-bond acceptors (Lipinski definition) is 2. The molecule has 1 amide bonds. The lowest BCUT2D eigenvalue weighted by atomic mass is 10.1. The summed E-state index contributed by atoms with van der Waals surface area (Å²) in [6, 6.07) is 22.2. The van der Waals surface area contributed by atoms with Crippen molar-refractivity contribution in [1.29, 1.82) is 0 Å². The van der Waals surface area contributed by atoms with Crippen LogP contribution in [0.4, 0.5) is 4.39 Å². The first-order chi connectivity index (χ1) is 15.1. The molecule has 0 N–H and O–H groups in total. The molecule has 0 spiro atoms. The first kappa shape index (κ1) is 19.8. The van der Waals surface area contributed by atoms with Gasteiger partial charge in [0.15, 0.2) is 0 Å². The Hall–Kier alpha value is -3.18. The van der Waals surface area contributed by atoms with E-state index in [4.69, 9.17) is 16.6 Å². The maximum atomic E-state index is 13.2. The van der Waals surface area contributed by atoms with Crippen molar-refractivity contribution in [2.24, 2.45) is 0 Å². The molecule has 3 aromatic carbocycles. The maximum absolute atomic E-state index is 13.2. The van der Waals surface area contributed by atoms with Crippen LogP contribution in [-0.2, 0) is 17.9 Å². The van der Waals surface area contributed by atoms with E-state index >= 15 is 0 Å². The van der Waals surface area contributed by atoms with Gasteiger partial charge in [0.05, 0.1) is 11.0 Å². The molecule has 31 heavy (non-hydrogen) atoms. The number of carbonyl (C=O) groups is 1. The van der Waals surface area contributed by atoms with E-state index in [2.05, 4.69) is 10.6 Å². The van der Waals surface area contributed by atoms with Gasteiger partial charge in [0, 0.05) is 37.0 Å². The van der Waals surface area contributed by atoms with Gasteiger partial charge in [-0.25, -0.2) is 9.37 Å². The number of halogens is 2. The standard InChI is InChI=1S/C25H21ClFN3O/c26-20-5-3-4-18(12-20)15-30-23-7-2-1-6-22(23)28-25(30)19-13-24(31)29(16-19)14-17-8-10-21(27)11-9-17/h1-12,19H,13-16H2/t19-/m1/s1. The highest BCUT2D eigenvalue weighted by molar-refractivity contribution is 6.30. The minimum atomic E-state index is -0.274. The van der Waals surface area contributed by atoms with Crippen LogP contribution in [0.2, 0.25) is 5.02 Å². The predicted molar refractivity (Wildman–Crippen MR) is 119 cm³/mol. The molecular formula is C25H21ClFN3O. The highest BCUT2D eigenvalue weighted by atomic mass is 35.5. The molecule has 6 heteroatoms. The van der Waals surface area contributed by atoms with Crippen molar-refractivity contribution in [2.45, 2.75) is 25.4 Å². The molecule has 4 nitrogen and oxygen atoms in total. The second-order valence-corrected chi connectivity index (χ2v) is 8.41. The van der Waals surface area contributed by atoms with Crippen LogP contribution in [0.1, 0.15) is 29.3 Å².